The molecule has 60 valence electrons. The normalized spacial score (nSPS) is 9.82. The second-order valence-corrected chi connectivity index (χ2v) is 1.71. The lowest BCUT2D eigenvalue weighted by atomic mass is 10.6. The van der Waals surface area contributed by atoms with Gasteiger partial charge in [0.2, 0.25) is 0 Å². The summed E-state index contributed by atoms with van der Waals surface area (Å²) in [7, 11) is 0. The number of hydrogen-bond donors (Lipinski definition) is 2. The van der Waals surface area contributed by atoms with Gasteiger partial charge in [0.05, 0.1) is 0 Å². The lowest BCUT2D eigenvalue weighted by Gasteiger charge is -1.93. The molecule has 7 heteroatoms. The number of rotatable bonds is 4. The summed E-state index contributed by atoms with van der Waals surface area (Å²) in [6.45, 7) is -0.294. The second kappa shape index (κ2) is 3.62. The second-order valence-electron chi connectivity index (χ2n) is 1.71. The quantitative estimate of drug-likeness (QED) is 0.570. The third kappa shape index (κ3) is 2.72. The highest BCUT2D eigenvalue weighted by atomic mass is 16.5. The minimum atomic E-state index is -1.02. The van der Waals surface area contributed by atoms with Crippen molar-refractivity contribution in [1.82, 2.24) is 20.6 Å². The smallest absolute Gasteiger partial charge is 0.329 e. The monoisotopic (exact) mass is 158 g/mol. The van der Waals surface area contributed by atoms with Gasteiger partial charge in [-0.3, -0.25) is 0 Å². The van der Waals surface area contributed by atoms with Crippen molar-refractivity contribution in [3.8, 4) is 0 Å². The molecule has 0 saturated heterocycles. The topological polar surface area (TPSA) is 101 Å². The molecule has 0 atom stereocenters. The van der Waals surface area contributed by atoms with Crippen LogP contribution in [0.5, 0.6) is 0 Å². The molecule has 0 amide bonds. The van der Waals surface area contributed by atoms with Crippen LogP contribution in [0.4, 0.5) is 0 Å². The minimum Gasteiger partial charge on any atom is -0.480 e. The molecule has 0 fully saturated rings. The highest BCUT2D eigenvalue weighted by molar-refractivity contribution is 5.67. The van der Waals surface area contributed by atoms with Gasteiger partial charge in [-0.1, -0.05) is 5.21 Å². The molecule has 2 N–H and O–H groups in total. The summed E-state index contributed by atoms with van der Waals surface area (Å²) >= 11 is 0. The van der Waals surface area contributed by atoms with E-state index < -0.39 is 5.97 Å². The summed E-state index contributed by atoms with van der Waals surface area (Å²) in [4.78, 5) is 9.94. The van der Waals surface area contributed by atoms with Crippen LogP contribution in [-0.2, 0) is 16.1 Å². The minimum absolute atomic E-state index is 0.0583. The number of carboxylic acids is 1. The highest BCUT2D eigenvalue weighted by Gasteiger charge is 2.00. The zero-order valence-electron chi connectivity index (χ0n) is 5.52. The Morgan fingerprint density at radius 3 is 3.09 bits per heavy atom. The van der Waals surface area contributed by atoms with E-state index in [9.17, 15) is 4.79 Å². The van der Waals surface area contributed by atoms with Gasteiger partial charge in [-0.05, 0) is 0 Å². The van der Waals surface area contributed by atoms with Gasteiger partial charge in [-0.15, -0.1) is 10.2 Å². The number of nitrogens with zero attached hydrogens (tertiary/aromatic N) is 3. The fraction of sp³-hybridized carbons (Fsp3) is 0.500. The Balaban J connectivity index is 2.19. The number of aromatic amines is 1. The van der Waals surface area contributed by atoms with Crippen molar-refractivity contribution < 1.29 is 14.6 Å². The third-order valence-electron chi connectivity index (χ3n) is 0.846. The maximum Gasteiger partial charge on any atom is 0.329 e. The van der Waals surface area contributed by atoms with Crippen molar-refractivity contribution in [1.29, 1.82) is 0 Å². The Morgan fingerprint density at radius 2 is 2.55 bits per heavy atom. The predicted molar refractivity (Wildman–Crippen MR) is 31.5 cm³/mol. The van der Waals surface area contributed by atoms with Gasteiger partial charge in [0, 0.05) is 0 Å². The summed E-state index contributed by atoms with van der Waals surface area (Å²) in [5, 5.41) is 20.7. The van der Waals surface area contributed by atoms with Crippen LogP contribution < -0.4 is 0 Å². The van der Waals surface area contributed by atoms with Crippen molar-refractivity contribution in [3.05, 3.63) is 5.82 Å². The van der Waals surface area contributed by atoms with Crippen LogP contribution in [0.2, 0.25) is 0 Å². The van der Waals surface area contributed by atoms with Crippen molar-refractivity contribution >= 4 is 5.97 Å². The van der Waals surface area contributed by atoms with Crippen LogP contribution in [0.25, 0.3) is 0 Å². The molecule has 0 spiro atoms. The van der Waals surface area contributed by atoms with Crippen molar-refractivity contribution in [2.45, 2.75) is 6.61 Å². The standard InChI is InChI=1S/C4H6N4O3/c9-4(10)2-11-1-3-5-7-8-6-3/h1-2H2,(H,9,10)(H,5,6,7,8). The van der Waals surface area contributed by atoms with E-state index in [1.54, 1.807) is 0 Å². The first-order chi connectivity index (χ1) is 5.29. The third-order valence-corrected chi connectivity index (χ3v) is 0.846. The summed E-state index contributed by atoms with van der Waals surface area (Å²) in [6, 6.07) is 0. The molecule has 0 aliphatic heterocycles. The Hall–Kier alpha value is -1.50. The van der Waals surface area contributed by atoms with Gasteiger partial charge in [0.1, 0.15) is 13.2 Å². The summed E-state index contributed by atoms with van der Waals surface area (Å²) in [5.74, 6) is -0.681. The number of aromatic nitrogens is 4. The molecule has 1 aromatic heterocycles. The van der Waals surface area contributed by atoms with E-state index in [0.29, 0.717) is 5.82 Å². The van der Waals surface area contributed by atoms with Crippen molar-refractivity contribution in [2.75, 3.05) is 6.61 Å². The molecule has 1 aromatic rings. The number of H-pyrrole nitrogens is 1. The van der Waals surface area contributed by atoms with E-state index in [4.69, 9.17) is 5.11 Å². The van der Waals surface area contributed by atoms with Crippen LogP contribution in [0.15, 0.2) is 0 Å². The van der Waals surface area contributed by atoms with Crippen LogP contribution >= 0.6 is 0 Å². The molecule has 0 aliphatic carbocycles. The fourth-order valence-corrected chi connectivity index (χ4v) is 0.473. The first-order valence-corrected chi connectivity index (χ1v) is 2.81. The van der Waals surface area contributed by atoms with E-state index in [2.05, 4.69) is 25.4 Å². The molecule has 0 bridgehead atoms. The molecule has 0 aromatic carbocycles. The SMILES string of the molecule is O=C(O)COCc1nn[nH]n1. The van der Waals surface area contributed by atoms with Gasteiger partial charge in [-0.25, -0.2) is 4.79 Å². The van der Waals surface area contributed by atoms with Gasteiger partial charge < -0.3 is 9.84 Å². The zero-order chi connectivity index (χ0) is 8.10. The fourth-order valence-electron chi connectivity index (χ4n) is 0.473. The number of nitrogens with one attached hydrogen (secondary N) is 1. The molecule has 1 heterocycles. The molecule has 11 heavy (non-hydrogen) atoms. The first-order valence-electron chi connectivity index (χ1n) is 2.81. The highest BCUT2D eigenvalue weighted by Crippen LogP contribution is 1.86. The van der Waals surface area contributed by atoms with Crippen molar-refractivity contribution in [3.63, 3.8) is 0 Å². The first kappa shape index (κ1) is 7.61. The average molecular weight is 158 g/mol. The molecular weight excluding hydrogens is 152 g/mol. The molecule has 0 saturated carbocycles. The summed E-state index contributed by atoms with van der Waals surface area (Å²) in [6.07, 6.45) is 0. The van der Waals surface area contributed by atoms with Crippen LogP contribution in [-0.4, -0.2) is 38.3 Å². The Morgan fingerprint density at radius 1 is 1.73 bits per heavy atom. The Kier molecular flexibility index (Phi) is 2.50. The molecule has 0 unspecified atom stereocenters. The summed E-state index contributed by atoms with van der Waals surface area (Å²) in [5.41, 5.74) is 0. The molecule has 0 radical (unpaired) electrons. The maximum absolute atomic E-state index is 9.94. The number of tetrazole rings is 1. The van der Waals surface area contributed by atoms with Gasteiger partial charge >= 0.3 is 5.97 Å². The maximum atomic E-state index is 9.94. The molecular formula is C4H6N4O3. The van der Waals surface area contributed by atoms with E-state index in [1.165, 1.54) is 0 Å². The van der Waals surface area contributed by atoms with Gasteiger partial charge in [0.15, 0.2) is 5.82 Å². The average Bonchev–Trinajstić information content (AvgIpc) is 2.39. The molecule has 7 nitrogen and oxygen atoms in total. The molecule has 0 aliphatic rings. The largest absolute Gasteiger partial charge is 0.480 e. The van der Waals surface area contributed by atoms with E-state index in [0.717, 1.165) is 0 Å². The van der Waals surface area contributed by atoms with Crippen LogP contribution in [0.3, 0.4) is 0 Å². The van der Waals surface area contributed by atoms with Crippen LogP contribution in [0, 0.1) is 0 Å². The molecule has 1 rings (SSSR count). The van der Waals surface area contributed by atoms with Crippen molar-refractivity contribution in [2.24, 2.45) is 0 Å². The van der Waals surface area contributed by atoms with E-state index in [1.807, 2.05) is 0 Å². The number of carbonyl (C=O) groups is 1. The Bertz CT molecular complexity index is 221. The number of aliphatic carboxylic acids is 1. The lowest BCUT2D eigenvalue weighted by Crippen LogP contribution is -2.07. The Labute approximate surface area is 61.4 Å². The van der Waals surface area contributed by atoms with Gasteiger partial charge in [0.25, 0.3) is 0 Å². The summed E-state index contributed by atoms with van der Waals surface area (Å²) < 4.78 is 4.65. The number of carboxylic acid groups (broad SMARTS) is 1. The predicted octanol–water partition coefficient (Wildman–Crippen LogP) is -1.20. The van der Waals surface area contributed by atoms with E-state index in [-0.39, 0.29) is 13.2 Å². The van der Waals surface area contributed by atoms with E-state index >= 15 is 0 Å². The lowest BCUT2D eigenvalue weighted by molar-refractivity contribution is -0.142. The van der Waals surface area contributed by atoms with Gasteiger partial charge in [-0.2, -0.15) is 5.21 Å². The van der Waals surface area contributed by atoms with Crippen LogP contribution in [0.1, 0.15) is 5.82 Å². The number of ether oxygens (including phenoxy) is 1. The zero-order valence-corrected chi connectivity index (χ0v) is 5.52. The number of hydrogen-bond acceptors (Lipinski definition) is 5.